The number of carbonyl (C=O) groups excluding carboxylic acids is 1. The number of terminal acetylenes is 1. The number of thiazole rings is 1. The molecule has 0 saturated heterocycles. The molecule has 3 N–H and O–H groups in total. The number of aliphatic hydroxyl groups excluding tert-OH is 2. The summed E-state index contributed by atoms with van der Waals surface area (Å²) >= 11 is 3.32. The zero-order chi connectivity index (χ0) is 21.5. The smallest absolute Gasteiger partial charge is 0.221 e. The second kappa shape index (κ2) is 8.08. The van der Waals surface area contributed by atoms with Gasteiger partial charge in [-0.05, 0) is 42.0 Å². The molecule has 2 aliphatic rings. The number of rotatable bonds is 5. The number of fused-ring (bicyclic) bond motifs is 2. The molecular formula is C23H28N2O3S2. The topological polar surface area (TPSA) is 82.5 Å². The molecule has 7 heteroatoms. The molecule has 1 amide bonds. The monoisotopic (exact) mass is 444 g/mol. The van der Waals surface area contributed by atoms with Crippen LogP contribution in [-0.2, 0) is 11.2 Å². The summed E-state index contributed by atoms with van der Waals surface area (Å²) in [7, 11) is 0. The van der Waals surface area contributed by atoms with Crippen LogP contribution in [0.15, 0.2) is 16.8 Å². The van der Waals surface area contributed by atoms with Crippen molar-refractivity contribution in [3.8, 4) is 22.9 Å². The first-order valence-electron chi connectivity index (χ1n) is 10.3. The van der Waals surface area contributed by atoms with Crippen LogP contribution in [0.3, 0.4) is 0 Å². The highest BCUT2D eigenvalue weighted by Gasteiger charge is 2.59. The molecule has 5 unspecified atom stereocenters. The molecule has 2 aromatic rings. The lowest BCUT2D eigenvalue weighted by atomic mass is 9.47. The summed E-state index contributed by atoms with van der Waals surface area (Å²) in [5.41, 5.74) is 1.27. The van der Waals surface area contributed by atoms with Gasteiger partial charge < -0.3 is 15.5 Å². The number of nitrogens with one attached hydrogen (secondary N) is 1. The van der Waals surface area contributed by atoms with E-state index in [1.165, 1.54) is 4.88 Å². The summed E-state index contributed by atoms with van der Waals surface area (Å²) in [5, 5.41) is 29.0. The van der Waals surface area contributed by atoms with Crippen molar-refractivity contribution in [3.05, 3.63) is 27.4 Å². The second-order valence-electron chi connectivity index (χ2n) is 9.06. The van der Waals surface area contributed by atoms with Gasteiger partial charge >= 0.3 is 0 Å². The molecule has 4 rings (SSSR count). The van der Waals surface area contributed by atoms with Crippen molar-refractivity contribution in [2.45, 2.75) is 51.6 Å². The Balaban J connectivity index is 1.79. The van der Waals surface area contributed by atoms with E-state index in [0.29, 0.717) is 12.8 Å². The van der Waals surface area contributed by atoms with Gasteiger partial charge in [-0.1, -0.05) is 19.8 Å². The Kier molecular flexibility index (Phi) is 5.80. The molecule has 0 radical (unpaired) electrons. The van der Waals surface area contributed by atoms with Crippen LogP contribution in [0.1, 0.15) is 49.6 Å². The van der Waals surface area contributed by atoms with Gasteiger partial charge in [0.2, 0.25) is 5.91 Å². The van der Waals surface area contributed by atoms with Gasteiger partial charge in [-0.3, -0.25) is 4.79 Å². The standard InChI is InChI=1S/C23H28N2O3S2/c1-4-8-24-19(28)10-15-20-16(30-21(25-20)14-6-9-29-12-14)11-17-22(15,2)7-5-18(27)23(17,3)13-26/h1,6,9,12,15,17-18,26-27H,5,7-8,10-11,13H2,2-3H3,(H,24,28). The third-order valence-electron chi connectivity index (χ3n) is 7.44. The Labute approximate surface area is 185 Å². The third-order valence-corrected chi connectivity index (χ3v) is 9.26. The van der Waals surface area contributed by atoms with E-state index in [2.05, 4.69) is 29.6 Å². The highest BCUT2D eigenvalue weighted by Crippen LogP contribution is 2.62. The van der Waals surface area contributed by atoms with E-state index < -0.39 is 11.5 Å². The number of carbonyl (C=O) groups is 1. The quantitative estimate of drug-likeness (QED) is 0.617. The molecule has 1 fully saturated rings. The lowest BCUT2D eigenvalue weighted by Crippen LogP contribution is -2.57. The maximum atomic E-state index is 12.7. The fraction of sp³-hybridized carbons (Fsp3) is 0.565. The Morgan fingerprint density at radius 3 is 2.93 bits per heavy atom. The molecule has 2 aliphatic carbocycles. The van der Waals surface area contributed by atoms with Gasteiger partial charge in [-0.2, -0.15) is 11.3 Å². The lowest BCUT2D eigenvalue weighted by Gasteiger charge is -2.58. The molecular weight excluding hydrogens is 416 g/mol. The van der Waals surface area contributed by atoms with Crippen molar-refractivity contribution in [1.82, 2.24) is 10.3 Å². The number of aromatic nitrogens is 1. The average Bonchev–Trinajstić information content (AvgIpc) is 3.40. The molecule has 5 nitrogen and oxygen atoms in total. The molecule has 160 valence electrons. The summed E-state index contributed by atoms with van der Waals surface area (Å²) in [6.07, 6.45) is 7.25. The average molecular weight is 445 g/mol. The predicted molar refractivity (Wildman–Crippen MR) is 120 cm³/mol. The molecule has 2 aromatic heterocycles. The molecule has 0 aliphatic heterocycles. The fourth-order valence-corrected chi connectivity index (χ4v) is 7.44. The summed E-state index contributed by atoms with van der Waals surface area (Å²) in [5.74, 6) is 2.37. The number of aliphatic hydroxyl groups is 2. The second-order valence-corrected chi connectivity index (χ2v) is 10.9. The van der Waals surface area contributed by atoms with Crippen LogP contribution in [0.4, 0.5) is 0 Å². The predicted octanol–water partition coefficient (Wildman–Crippen LogP) is 3.43. The Hall–Kier alpha value is -1.72. The third kappa shape index (κ3) is 3.40. The van der Waals surface area contributed by atoms with Crippen molar-refractivity contribution in [2.75, 3.05) is 13.2 Å². The van der Waals surface area contributed by atoms with Crippen LogP contribution in [-0.4, -0.2) is 40.4 Å². The number of hydrogen-bond acceptors (Lipinski definition) is 6. The maximum absolute atomic E-state index is 12.7. The number of hydrogen-bond donors (Lipinski definition) is 3. The zero-order valence-corrected chi connectivity index (χ0v) is 19.0. The molecule has 5 atom stereocenters. The summed E-state index contributed by atoms with van der Waals surface area (Å²) < 4.78 is 0. The molecule has 0 bridgehead atoms. The fourth-order valence-electron chi connectivity index (χ4n) is 5.56. The number of thiophene rings is 1. The van der Waals surface area contributed by atoms with Crippen LogP contribution in [0.5, 0.6) is 0 Å². The van der Waals surface area contributed by atoms with Crippen molar-refractivity contribution in [2.24, 2.45) is 16.7 Å². The highest BCUT2D eigenvalue weighted by molar-refractivity contribution is 7.15. The highest BCUT2D eigenvalue weighted by atomic mass is 32.1. The minimum absolute atomic E-state index is 0.0625. The van der Waals surface area contributed by atoms with Crippen LogP contribution < -0.4 is 5.32 Å². The first-order chi connectivity index (χ1) is 14.3. The van der Waals surface area contributed by atoms with Gasteiger partial charge in [0.1, 0.15) is 5.01 Å². The molecule has 0 aromatic carbocycles. The van der Waals surface area contributed by atoms with E-state index in [1.807, 2.05) is 12.3 Å². The van der Waals surface area contributed by atoms with Crippen LogP contribution in [0.2, 0.25) is 0 Å². The van der Waals surface area contributed by atoms with Crippen molar-refractivity contribution in [1.29, 1.82) is 0 Å². The van der Waals surface area contributed by atoms with Gasteiger partial charge in [-0.25, -0.2) is 4.98 Å². The molecule has 30 heavy (non-hydrogen) atoms. The summed E-state index contributed by atoms with van der Waals surface area (Å²) in [6, 6.07) is 2.07. The van der Waals surface area contributed by atoms with Gasteiger partial charge in [0.15, 0.2) is 0 Å². The van der Waals surface area contributed by atoms with Crippen molar-refractivity contribution >= 4 is 28.6 Å². The van der Waals surface area contributed by atoms with E-state index >= 15 is 0 Å². The normalized spacial score (nSPS) is 32.7. The first-order valence-corrected chi connectivity index (χ1v) is 12.1. The number of nitrogens with zero attached hydrogens (tertiary/aromatic N) is 1. The Bertz CT molecular complexity index is 964. The van der Waals surface area contributed by atoms with E-state index in [1.54, 1.807) is 22.7 Å². The number of amides is 1. The van der Waals surface area contributed by atoms with E-state index in [4.69, 9.17) is 11.4 Å². The van der Waals surface area contributed by atoms with Gasteiger partial charge in [-0.15, -0.1) is 17.8 Å². The minimum atomic E-state index is -0.606. The zero-order valence-electron chi connectivity index (χ0n) is 17.4. The van der Waals surface area contributed by atoms with E-state index in [0.717, 1.165) is 29.1 Å². The van der Waals surface area contributed by atoms with Crippen LogP contribution in [0.25, 0.3) is 10.6 Å². The SMILES string of the molecule is C#CCNC(=O)CC1c2nc(-c3ccsc3)sc2CC2C(C)(CO)C(O)CCC12C. The summed E-state index contributed by atoms with van der Waals surface area (Å²) in [4.78, 5) is 18.9. The van der Waals surface area contributed by atoms with Crippen LogP contribution in [0, 0.1) is 29.1 Å². The van der Waals surface area contributed by atoms with Crippen LogP contribution >= 0.6 is 22.7 Å². The molecule has 1 saturated carbocycles. The first kappa shape index (κ1) is 21.5. The largest absolute Gasteiger partial charge is 0.396 e. The van der Waals surface area contributed by atoms with Crippen molar-refractivity contribution < 1.29 is 15.0 Å². The Morgan fingerprint density at radius 2 is 2.27 bits per heavy atom. The Morgan fingerprint density at radius 1 is 1.47 bits per heavy atom. The van der Waals surface area contributed by atoms with Crippen molar-refractivity contribution in [3.63, 3.8) is 0 Å². The minimum Gasteiger partial charge on any atom is -0.396 e. The van der Waals surface area contributed by atoms with E-state index in [-0.39, 0.29) is 36.3 Å². The van der Waals surface area contributed by atoms with Gasteiger partial charge in [0.05, 0.1) is 24.9 Å². The maximum Gasteiger partial charge on any atom is 0.221 e. The van der Waals surface area contributed by atoms with Gasteiger partial charge in [0.25, 0.3) is 0 Å². The van der Waals surface area contributed by atoms with E-state index in [9.17, 15) is 15.0 Å². The lowest BCUT2D eigenvalue weighted by molar-refractivity contribution is -0.144. The summed E-state index contributed by atoms with van der Waals surface area (Å²) in [6.45, 7) is 4.34. The molecule has 2 heterocycles. The molecule has 0 spiro atoms. The van der Waals surface area contributed by atoms with Gasteiger partial charge in [0, 0.05) is 33.6 Å².